The molecule has 0 atom stereocenters. The Morgan fingerprint density at radius 2 is 1.58 bits per heavy atom. The molecule has 0 fully saturated rings. The van der Waals surface area contributed by atoms with Gasteiger partial charge in [0.2, 0.25) is 5.91 Å². The van der Waals surface area contributed by atoms with E-state index < -0.39 is 0 Å². The topological polar surface area (TPSA) is 83.1 Å². The third kappa shape index (κ3) is 4.00. The average Bonchev–Trinajstić information content (AvgIpc) is 2.93. The van der Waals surface area contributed by atoms with Gasteiger partial charge in [0.25, 0.3) is 0 Å². The molecule has 0 spiro atoms. The Bertz CT molecular complexity index is 1010. The summed E-state index contributed by atoms with van der Waals surface area (Å²) in [5.41, 5.74) is 5.46. The molecule has 0 saturated heterocycles. The van der Waals surface area contributed by atoms with Gasteiger partial charge in [0.05, 0.1) is 10.2 Å². The number of thiazole rings is 1. The molecule has 0 aliphatic heterocycles. The number of anilines is 3. The summed E-state index contributed by atoms with van der Waals surface area (Å²) in [5.74, 6) is -0.159. The van der Waals surface area contributed by atoms with E-state index in [0.717, 1.165) is 27.0 Å². The third-order valence-corrected chi connectivity index (χ3v) is 4.91. The number of nitrogens with zero attached hydrogens (tertiary/aromatic N) is 1. The Hall–Kier alpha value is -2.93. The summed E-state index contributed by atoms with van der Waals surface area (Å²) in [7, 11) is 0. The smallest absolute Gasteiger partial charge is 0.308 e. The van der Waals surface area contributed by atoms with Gasteiger partial charge in [0, 0.05) is 18.3 Å². The molecule has 6 nitrogen and oxygen atoms in total. The number of aryl methyl sites for hydroxylation is 3. The molecule has 134 valence electrons. The normalized spacial score (nSPS) is 10.6. The maximum atomic E-state index is 12.3. The lowest BCUT2D eigenvalue weighted by Crippen LogP contribution is -2.19. The van der Waals surface area contributed by atoms with Crippen LogP contribution in [0.2, 0.25) is 0 Å². The fraction of sp³-hybridized carbons (Fsp3) is 0.211. The zero-order valence-electron chi connectivity index (χ0n) is 15.1. The highest BCUT2D eigenvalue weighted by Crippen LogP contribution is 2.31. The zero-order chi connectivity index (χ0) is 18.8. The number of benzene rings is 2. The number of carbonyl (C=O) groups excluding carboxylic acids is 2. The molecule has 3 rings (SSSR count). The van der Waals surface area contributed by atoms with Gasteiger partial charge in [-0.3, -0.25) is 4.79 Å². The molecule has 0 aliphatic carbocycles. The molecular weight excluding hydrogens is 348 g/mol. The van der Waals surface area contributed by atoms with Crippen molar-refractivity contribution in [2.45, 2.75) is 27.7 Å². The molecule has 0 bridgehead atoms. The first-order valence-corrected chi connectivity index (χ1v) is 8.97. The summed E-state index contributed by atoms with van der Waals surface area (Å²) in [6.45, 7) is 7.41. The van der Waals surface area contributed by atoms with Crippen molar-refractivity contribution in [2.75, 3.05) is 16.0 Å². The second-order valence-electron chi connectivity index (χ2n) is 6.22. The fourth-order valence-electron chi connectivity index (χ4n) is 2.59. The van der Waals surface area contributed by atoms with E-state index in [0.29, 0.717) is 10.8 Å². The van der Waals surface area contributed by atoms with Gasteiger partial charge in [-0.2, -0.15) is 0 Å². The monoisotopic (exact) mass is 368 g/mol. The molecule has 3 N–H and O–H groups in total. The van der Waals surface area contributed by atoms with Crippen molar-refractivity contribution >= 4 is 50.0 Å². The Morgan fingerprint density at radius 3 is 2.27 bits per heavy atom. The lowest BCUT2D eigenvalue weighted by molar-refractivity contribution is -0.114. The van der Waals surface area contributed by atoms with Crippen LogP contribution in [0.3, 0.4) is 0 Å². The molecule has 2 aromatic carbocycles. The van der Waals surface area contributed by atoms with E-state index >= 15 is 0 Å². The average molecular weight is 368 g/mol. The van der Waals surface area contributed by atoms with Crippen molar-refractivity contribution in [1.82, 2.24) is 4.98 Å². The number of fused-ring (bicyclic) bond motifs is 1. The van der Waals surface area contributed by atoms with Crippen molar-refractivity contribution in [1.29, 1.82) is 0 Å². The molecule has 3 amide bonds. The van der Waals surface area contributed by atoms with Crippen LogP contribution < -0.4 is 16.0 Å². The zero-order valence-corrected chi connectivity index (χ0v) is 15.9. The number of urea groups is 1. The molecule has 0 aliphatic rings. The van der Waals surface area contributed by atoms with Gasteiger partial charge in [0.15, 0.2) is 5.13 Å². The van der Waals surface area contributed by atoms with Gasteiger partial charge in [-0.1, -0.05) is 17.4 Å². The highest BCUT2D eigenvalue weighted by Gasteiger charge is 2.11. The Kier molecular flexibility index (Phi) is 4.90. The number of nitrogens with one attached hydrogen (secondary N) is 3. The number of hydrogen-bond donors (Lipinski definition) is 3. The van der Waals surface area contributed by atoms with Crippen molar-refractivity contribution in [3.05, 3.63) is 47.0 Å². The van der Waals surface area contributed by atoms with Gasteiger partial charge in [-0.05, 0) is 61.7 Å². The molecule has 26 heavy (non-hydrogen) atoms. The minimum absolute atomic E-state index is 0.159. The van der Waals surface area contributed by atoms with E-state index in [-0.39, 0.29) is 11.9 Å². The summed E-state index contributed by atoms with van der Waals surface area (Å²) < 4.78 is 0.898. The maximum Gasteiger partial charge on any atom is 0.323 e. The van der Waals surface area contributed by atoms with Crippen LogP contribution in [0, 0.1) is 20.8 Å². The van der Waals surface area contributed by atoms with Crippen LogP contribution in [0.25, 0.3) is 10.2 Å². The van der Waals surface area contributed by atoms with Crippen LogP contribution in [0.1, 0.15) is 23.6 Å². The van der Waals surface area contributed by atoms with E-state index in [1.807, 2.05) is 51.1 Å². The summed E-state index contributed by atoms with van der Waals surface area (Å²) >= 11 is 1.37. The summed E-state index contributed by atoms with van der Waals surface area (Å²) in [6.07, 6.45) is 0. The number of rotatable bonds is 3. The Labute approximate surface area is 155 Å². The predicted molar refractivity (Wildman–Crippen MR) is 107 cm³/mol. The Balaban J connectivity index is 1.78. The number of hydrogen-bond acceptors (Lipinski definition) is 4. The molecule has 0 saturated carbocycles. The molecule has 0 unspecified atom stereocenters. The SMILES string of the molecule is CC(=O)Nc1nc2c(C)cc(NC(=O)Nc3ccc(C)c(C)c3)cc2s1. The minimum Gasteiger partial charge on any atom is -0.308 e. The van der Waals surface area contributed by atoms with E-state index in [2.05, 4.69) is 20.9 Å². The third-order valence-electron chi connectivity index (χ3n) is 3.99. The first-order valence-electron chi connectivity index (χ1n) is 8.16. The van der Waals surface area contributed by atoms with Crippen LogP contribution in [0.5, 0.6) is 0 Å². The van der Waals surface area contributed by atoms with Gasteiger partial charge >= 0.3 is 6.03 Å². The van der Waals surface area contributed by atoms with Gasteiger partial charge < -0.3 is 16.0 Å². The fourth-order valence-corrected chi connectivity index (χ4v) is 3.61. The number of carbonyl (C=O) groups is 2. The molecule has 3 aromatic rings. The van der Waals surface area contributed by atoms with Gasteiger partial charge in [-0.25, -0.2) is 9.78 Å². The first-order chi connectivity index (χ1) is 12.3. The highest BCUT2D eigenvalue weighted by atomic mass is 32.1. The van der Waals surface area contributed by atoms with Crippen molar-refractivity contribution in [2.24, 2.45) is 0 Å². The second-order valence-corrected chi connectivity index (χ2v) is 7.25. The largest absolute Gasteiger partial charge is 0.323 e. The molecular formula is C19H20N4O2S. The lowest BCUT2D eigenvalue weighted by Gasteiger charge is -2.10. The van der Waals surface area contributed by atoms with Crippen LogP contribution >= 0.6 is 11.3 Å². The van der Waals surface area contributed by atoms with Crippen molar-refractivity contribution in [3.63, 3.8) is 0 Å². The number of aromatic nitrogens is 1. The van der Waals surface area contributed by atoms with Crippen molar-refractivity contribution in [3.8, 4) is 0 Å². The summed E-state index contributed by atoms with van der Waals surface area (Å²) in [5, 5.41) is 8.93. The summed E-state index contributed by atoms with van der Waals surface area (Å²) in [6, 6.07) is 9.19. The van der Waals surface area contributed by atoms with Gasteiger partial charge in [0.1, 0.15) is 0 Å². The number of amides is 3. The Morgan fingerprint density at radius 1 is 0.885 bits per heavy atom. The van der Waals surface area contributed by atoms with Crippen LogP contribution in [0.4, 0.5) is 21.3 Å². The predicted octanol–water partition coefficient (Wildman–Crippen LogP) is 4.82. The van der Waals surface area contributed by atoms with E-state index in [9.17, 15) is 9.59 Å². The standard InChI is InChI=1S/C19H20N4O2S/c1-10-5-6-14(7-11(10)2)21-18(25)22-15-8-12(3)17-16(9-15)26-19(23-17)20-13(4)24/h5-9H,1-4H3,(H,20,23,24)(H2,21,22,25). The molecule has 7 heteroatoms. The van der Waals surface area contributed by atoms with E-state index in [1.54, 1.807) is 0 Å². The van der Waals surface area contributed by atoms with Crippen LogP contribution in [-0.2, 0) is 4.79 Å². The second kappa shape index (κ2) is 7.13. The quantitative estimate of drug-likeness (QED) is 0.619. The first kappa shape index (κ1) is 17.9. The van der Waals surface area contributed by atoms with Crippen molar-refractivity contribution < 1.29 is 9.59 Å². The highest BCUT2D eigenvalue weighted by molar-refractivity contribution is 7.22. The van der Waals surface area contributed by atoms with Crippen LogP contribution in [-0.4, -0.2) is 16.9 Å². The minimum atomic E-state index is -0.307. The lowest BCUT2D eigenvalue weighted by atomic mass is 10.1. The summed E-state index contributed by atoms with van der Waals surface area (Å²) in [4.78, 5) is 27.9. The molecule has 0 radical (unpaired) electrons. The van der Waals surface area contributed by atoms with Gasteiger partial charge in [-0.15, -0.1) is 0 Å². The molecule has 1 aromatic heterocycles. The van der Waals surface area contributed by atoms with E-state index in [1.165, 1.54) is 23.8 Å². The van der Waals surface area contributed by atoms with Crippen LogP contribution in [0.15, 0.2) is 30.3 Å². The molecule has 1 heterocycles. The maximum absolute atomic E-state index is 12.3. The van der Waals surface area contributed by atoms with E-state index in [4.69, 9.17) is 0 Å².